The van der Waals surface area contributed by atoms with Gasteiger partial charge in [0, 0.05) is 24.5 Å². The van der Waals surface area contributed by atoms with Crippen molar-refractivity contribution in [2.24, 2.45) is 5.41 Å². The van der Waals surface area contributed by atoms with Gasteiger partial charge >= 0.3 is 6.16 Å². The van der Waals surface area contributed by atoms with Crippen LogP contribution in [0.5, 0.6) is 5.75 Å². The maximum atomic E-state index is 10.9. The smallest absolute Gasteiger partial charge is 0.449 e. The van der Waals surface area contributed by atoms with Gasteiger partial charge in [-0.15, -0.1) is 0 Å². The molecule has 1 saturated heterocycles. The summed E-state index contributed by atoms with van der Waals surface area (Å²) in [6.45, 7) is 10.5. The van der Waals surface area contributed by atoms with Gasteiger partial charge in [0.05, 0.1) is 18.2 Å². The summed E-state index contributed by atoms with van der Waals surface area (Å²) in [4.78, 5) is 13.3. The zero-order valence-corrected chi connectivity index (χ0v) is 18.0. The summed E-state index contributed by atoms with van der Waals surface area (Å²) in [5, 5.41) is 12.6. The number of carbonyl (C=O) groups is 1. The third-order valence-corrected chi connectivity index (χ3v) is 6.00. The molecular formula is C24H30N2O4. The van der Waals surface area contributed by atoms with E-state index in [2.05, 4.69) is 62.2 Å². The Balaban J connectivity index is 1.61. The van der Waals surface area contributed by atoms with Gasteiger partial charge in [-0.25, -0.2) is 4.79 Å². The number of anilines is 2. The lowest BCUT2D eigenvalue weighted by Crippen LogP contribution is -2.45. The number of nitrogens with one attached hydrogen (secondary N) is 1. The maximum Gasteiger partial charge on any atom is 0.511 e. The molecule has 2 aliphatic heterocycles. The van der Waals surface area contributed by atoms with E-state index < -0.39 is 6.16 Å². The number of hydrogen-bond donors (Lipinski definition) is 2. The van der Waals surface area contributed by atoms with Crippen LogP contribution in [-0.4, -0.2) is 36.6 Å². The van der Waals surface area contributed by atoms with Gasteiger partial charge in [0.15, 0.2) is 0 Å². The van der Waals surface area contributed by atoms with Crippen molar-refractivity contribution < 1.29 is 19.4 Å². The standard InChI is InChI=1S/C24H30N2O4/c1-15-13-26(14-16(2)29-15)19-7-5-6-17(10-19)22-24(3,4)12-18-11-20(30-23(27)28)8-9-21(18)25-22/h5-11,15-16,22,25H,12-14H2,1-4H3,(H,27,28). The van der Waals surface area contributed by atoms with E-state index in [1.807, 2.05) is 12.1 Å². The first-order chi connectivity index (χ1) is 14.2. The minimum atomic E-state index is -1.29. The fraction of sp³-hybridized carbons (Fsp3) is 0.458. The lowest BCUT2D eigenvalue weighted by molar-refractivity contribution is -0.00522. The summed E-state index contributed by atoms with van der Waals surface area (Å²) in [5.74, 6) is 0.356. The van der Waals surface area contributed by atoms with Gasteiger partial charge in [-0.2, -0.15) is 0 Å². The highest BCUT2D eigenvalue weighted by Gasteiger charge is 2.36. The number of benzene rings is 2. The predicted molar refractivity (Wildman–Crippen MR) is 118 cm³/mol. The molecule has 4 rings (SSSR count). The second-order valence-electron chi connectivity index (χ2n) is 9.19. The number of rotatable bonds is 3. The highest BCUT2D eigenvalue weighted by atomic mass is 16.7. The first-order valence-electron chi connectivity index (χ1n) is 10.5. The molecule has 30 heavy (non-hydrogen) atoms. The Bertz CT molecular complexity index is 933. The first kappa shape index (κ1) is 20.5. The van der Waals surface area contributed by atoms with Crippen molar-refractivity contribution >= 4 is 17.5 Å². The van der Waals surface area contributed by atoms with Crippen LogP contribution in [0.15, 0.2) is 42.5 Å². The molecule has 1 fully saturated rings. The van der Waals surface area contributed by atoms with Gasteiger partial charge in [0.25, 0.3) is 0 Å². The number of hydrogen-bond acceptors (Lipinski definition) is 5. The van der Waals surface area contributed by atoms with E-state index in [1.165, 1.54) is 11.3 Å². The number of fused-ring (bicyclic) bond motifs is 1. The Kier molecular flexibility index (Phi) is 5.36. The number of nitrogens with zero attached hydrogens (tertiary/aromatic N) is 1. The average Bonchev–Trinajstić information content (AvgIpc) is 2.65. The summed E-state index contributed by atoms with van der Waals surface area (Å²) in [7, 11) is 0. The average molecular weight is 411 g/mol. The maximum absolute atomic E-state index is 10.9. The highest BCUT2D eigenvalue weighted by Crippen LogP contribution is 2.46. The molecule has 6 heteroatoms. The molecule has 3 unspecified atom stereocenters. The van der Waals surface area contributed by atoms with E-state index in [-0.39, 0.29) is 23.7 Å². The lowest BCUT2D eigenvalue weighted by Gasteiger charge is -2.42. The minimum absolute atomic E-state index is 0.0565. The normalized spacial score (nSPS) is 25.2. The van der Waals surface area contributed by atoms with Crippen LogP contribution >= 0.6 is 0 Å². The van der Waals surface area contributed by atoms with Crippen molar-refractivity contribution in [1.29, 1.82) is 0 Å². The van der Waals surface area contributed by atoms with Crippen LogP contribution in [-0.2, 0) is 11.2 Å². The van der Waals surface area contributed by atoms with E-state index in [0.717, 1.165) is 30.8 Å². The first-order valence-corrected chi connectivity index (χ1v) is 10.5. The largest absolute Gasteiger partial charge is 0.511 e. The molecule has 2 aromatic carbocycles. The molecule has 6 nitrogen and oxygen atoms in total. The molecule has 0 bridgehead atoms. The Labute approximate surface area is 177 Å². The molecule has 0 spiro atoms. The Morgan fingerprint density at radius 1 is 1.17 bits per heavy atom. The third kappa shape index (κ3) is 4.24. The Morgan fingerprint density at radius 2 is 1.90 bits per heavy atom. The zero-order valence-electron chi connectivity index (χ0n) is 18.0. The summed E-state index contributed by atoms with van der Waals surface area (Å²) in [6.07, 6.45) is -0.0296. The van der Waals surface area contributed by atoms with Crippen LogP contribution in [0, 0.1) is 5.41 Å². The van der Waals surface area contributed by atoms with E-state index >= 15 is 0 Å². The Morgan fingerprint density at radius 3 is 2.60 bits per heavy atom. The molecule has 160 valence electrons. The van der Waals surface area contributed by atoms with Crippen LogP contribution in [0.2, 0.25) is 0 Å². The van der Waals surface area contributed by atoms with Gasteiger partial charge in [-0.05, 0) is 67.1 Å². The van der Waals surface area contributed by atoms with Gasteiger partial charge in [0.2, 0.25) is 0 Å². The number of morpholine rings is 1. The minimum Gasteiger partial charge on any atom is -0.449 e. The van der Waals surface area contributed by atoms with E-state index in [1.54, 1.807) is 6.07 Å². The molecule has 2 aliphatic rings. The van der Waals surface area contributed by atoms with Crippen molar-refractivity contribution in [2.45, 2.75) is 52.4 Å². The van der Waals surface area contributed by atoms with Crippen LogP contribution in [0.1, 0.15) is 44.9 Å². The van der Waals surface area contributed by atoms with Gasteiger partial charge in [-0.1, -0.05) is 26.0 Å². The zero-order chi connectivity index (χ0) is 21.5. The van der Waals surface area contributed by atoms with Crippen molar-refractivity contribution in [3.05, 3.63) is 53.6 Å². The second-order valence-corrected chi connectivity index (χ2v) is 9.19. The van der Waals surface area contributed by atoms with E-state index in [4.69, 9.17) is 14.6 Å². The molecule has 0 radical (unpaired) electrons. The molecule has 0 amide bonds. The van der Waals surface area contributed by atoms with Crippen molar-refractivity contribution in [2.75, 3.05) is 23.3 Å². The molecule has 0 aliphatic carbocycles. The van der Waals surface area contributed by atoms with Crippen molar-refractivity contribution in [1.82, 2.24) is 0 Å². The Hall–Kier alpha value is -2.73. The molecular weight excluding hydrogens is 380 g/mol. The summed E-state index contributed by atoms with van der Waals surface area (Å²) in [6, 6.07) is 14.3. The second kappa shape index (κ2) is 7.84. The van der Waals surface area contributed by atoms with Crippen molar-refractivity contribution in [3.8, 4) is 5.75 Å². The summed E-state index contributed by atoms with van der Waals surface area (Å²) < 4.78 is 10.7. The van der Waals surface area contributed by atoms with Crippen LogP contribution in [0.3, 0.4) is 0 Å². The van der Waals surface area contributed by atoms with Gasteiger partial charge in [-0.3, -0.25) is 0 Å². The molecule has 2 aromatic rings. The SMILES string of the molecule is CC1CN(c2cccc(C3Nc4ccc(OC(=O)O)cc4CC3(C)C)c2)CC(C)O1. The van der Waals surface area contributed by atoms with E-state index in [0.29, 0.717) is 5.75 Å². The predicted octanol–water partition coefficient (Wildman–Crippen LogP) is 5.09. The van der Waals surface area contributed by atoms with Gasteiger partial charge in [0.1, 0.15) is 5.75 Å². The summed E-state index contributed by atoms with van der Waals surface area (Å²) >= 11 is 0. The van der Waals surface area contributed by atoms with Crippen LogP contribution in [0.4, 0.5) is 16.2 Å². The summed E-state index contributed by atoms with van der Waals surface area (Å²) in [5.41, 5.74) is 4.51. The molecule has 3 atom stereocenters. The topological polar surface area (TPSA) is 71.0 Å². The highest BCUT2D eigenvalue weighted by molar-refractivity contribution is 5.64. The molecule has 0 aromatic heterocycles. The van der Waals surface area contributed by atoms with E-state index in [9.17, 15) is 4.79 Å². The quantitative estimate of drug-likeness (QED) is 0.542. The monoisotopic (exact) mass is 410 g/mol. The molecule has 2 N–H and O–H groups in total. The number of ether oxygens (including phenoxy) is 2. The fourth-order valence-electron chi connectivity index (χ4n) is 4.79. The number of carboxylic acid groups (broad SMARTS) is 1. The van der Waals surface area contributed by atoms with Crippen molar-refractivity contribution in [3.63, 3.8) is 0 Å². The fourth-order valence-corrected chi connectivity index (χ4v) is 4.79. The van der Waals surface area contributed by atoms with Crippen LogP contribution in [0.25, 0.3) is 0 Å². The van der Waals surface area contributed by atoms with Crippen LogP contribution < -0.4 is 15.0 Å². The lowest BCUT2D eigenvalue weighted by atomic mass is 9.73. The molecule has 0 saturated carbocycles. The van der Waals surface area contributed by atoms with Gasteiger partial charge < -0.3 is 24.8 Å². The third-order valence-electron chi connectivity index (χ3n) is 6.00. The molecule has 2 heterocycles.